The summed E-state index contributed by atoms with van der Waals surface area (Å²) in [6, 6.07) is 11.1. The van der Waals surface area contributed by atoms with E-state index in [4.69, 9.17) is 26.2 Å². The maximum atomic E-state index is 14.4. The molecule has 0 saturated carbocycles. The zero-order chi connectivity index (χ0) is 22.4. The molecule has 3 aromatic rings. The van der Waals surface area contributed by atoms with Crippen molar-refractivity contribution in [2.75, 3.05) is 18.5 Å². The predicted molar refractivity (Wildman–Crippen MR) is 115 cm³/mol. The van der Waals surface area contributed by atoms with Crippen LogP contribution in [0.4, 0.5) is 16.0 Å². The third-order valence-electron chi connectivity index (χ3n) is 4.01. The lowest BCUT2D eigenvalue weighted by Gasteiger charge is -2.15. The molecule has 0 bridgehead atoms. The van der Waals surface area contributed by atoms with E-state index in [1.165, 1.54) is 16.7 Å². The van der Waals surface area contributed by atoms with Crippen molar-refractivity contribution in [3.8, 4) is 11.8 Å². The van der Waals surface area contributed by atoms with Crippen LogP contribution in [0.3, 0.4) is 0 Å². The average Bonchev–Trinajstić information content (AvgIpc) is 2.72. The quantitative estimate of drug-likeness (QED) is 0.517. The minimum absolute atomic E-state index is 0.0735. The van der Waals surface area contributed by atoms with Gasteiger partial charge in [-0.05, 0) is 43.7 Å². The van der Waals surface area contributed by atoms with Gasteiger partial charge in [-0.2, -0.15) is 4.98 Å². The van der Waals surface area contributed by atoms with Crippen LogP contribution in [0.5, 0.6) is 11.8 Å². The molecule has 10 heteroatoms. The topological polar surface area (TPSA) is 98.5 Å². The fourth-order valence-electron chi connectivity index (χ4n) is 2.68. The molecule has 0 unspecified atom stereocenters. The predicted octanol–water partition coefficient (Wildman–Crippen LogP) is 3.38. The number of nitrogens with zero attached hydrogens (tertiary/aromatic N) is 3. The number of rotatable bonds is 9. The maximum Gasteiger partial charge on any atom is 0.355 e. The first-order chi connectivity index (χ1) is 14.9. The minimum Gasteiger partial charge on any atom is -0.488 e. The van der Waals surface area contributed by atoms with E-state index in [1.807, 2.05) is 0 Å². The van der Waals surface area contributed by atoms with Crippen molar-refractivity contribution in [2.24, 2.45) is 0 Å². The molecule has 0 spiro atoms. The zero-order valence-corrected chi connectivity index (χ0v) is 17.8. The van der Waals surface area contributed by atoms with Gasteiger partial charge in [0.1, 0.15) is 6.61 Å². The van der Waals surface area contributed by atoms with Crippen LogP contribution in [0.15, 0.2) is 47.3 Å². The Morgan fingerprint density at radius 2 is 1.94 bits per heavy atom. The first-order valence-electron chi connectivity index (χ1n) is 9.56. The van der Waals surface area contributed by atoms with Crippen LogP contribution in [0.25, 0.3) is 0 Å². The largest absolute Gasteiger partial charge is 0.488 e. The number of aromatic nitrogens is 3. The lowest BCUT2D eigenvalue weighted by Crippen LogP contribution is -2.28. The first kappa shape index (κ1) is 22.5. The number of hydrogen-bond donors (Lipinski definition) is 2. The Morgan fingerprint density at radius 3 is 2.58 bits per heavy atom. The SMILES string of the molecule is CC(C)Oc1ccc(Nc2nc(OCCO)nc(=O)n2Cc2ccc(Cl)cc2)cc1F. The van der Waals surface area contributed by atoms with Crippen molar-refractivity contribution in [1.29, 1.82) is 0 Å². The van der Waals surface area contributed by atoms with Crippen LogP contribution in [-0.2, 0) is 6.54 Å². The molecule has 2 aromatic carbocycles. The Labute approximate surface area is 183 Å². The van der Waals surface area contributed by atoms with Crippen molar-refractivity contribution >= 4 is 23.2 Å². The molecule has 0 fully saturated rings. The molecule has 0 aliphatic heterocycles. The van der Waals surface area contributed by atoms with Crippen LogP contribution in [-0.4, -0.2) is 39.0 Å². The van der Waals surface area contributed by atoms with E-state index >= 15 is 0 Å². The Balaban J connectivity index is 1.95. The number of ether oxygens (including phenoxy) is 2. The van der Waals surface area contributed by atoms with Crippen molar-refractivity contribution in [2.45, 2.75) is 26.5 Å². The summed E-state index contributed by atoms with van der Waals surface area (Å²) >= 11 is 5.92. The number of aliphatic hydroxyl groups is 1. The molecule has 1 aromatic heterocycles. The zero-order valence-electron chi connectivity index (χ0n) is 17.0. The summed E-state index contributed by atoms with van der Waals surface area (Å²) in [5.74, 6) is -0.343. The summed E-state index contributed by atoms with van der Waals surface area (Å²) in [6.07, 6.45) is -0.175. The number of hydrogen-bond acceptors (Lipinski definition) is 7. The summed E-state index contributed by atoms with van der Waals surface area (Å²) in [4.78, 5) is 20.6. The van der Waals surface area contributed by atoms with Gasteiger partial charge in [-0.15, -0.1) is 4.98 Å². The molecule has 0 atom stereocenters. The van der Waals surface area contributed by atoms with Gasteiger partial charge >= 0.3 is 11.7 Å². The number of halogens is 2. The molecule has 0 radical (unpaired) electrons. The number of anilines is 2. The maximum absolute atomic E-state index is 14.4. The van der Waals surface area contributed by atoms with E-state index in [0.29, 0.717) is 10.7 Å². The Morgan fingerprint density at radius 1 is 1.19 bits per heavy atom. The van der Waals surface area contributed by atoms with E-state index < -0.39 is 11.5 Å². The molecule has 0 aliphatic rings. The lowest BCUT2D eigenvalue weighted by molar-refractivity contribution is 0.190. The molecular formula is C21H22ClFN4O4. The standard InChI is InChI=1S/C21H22ClFN4O4/c1-13(2)31-18-8-7-16(11-17(18)23)24-19-25-20(30-10-9-28)26-21(29)27(19)12-14-3-5-15(22)6-4-14/h3-8,11,13,28H,9-10,12H2,1-2H3,(H,24,25,26,29). The van der Waals surface area contributed by atoms with Crippen LogP contribution in [0, 0.1) is 5.82 Å². The minimum atomic E-state index is -0.624. The molecular weight excluding hydrogens is 427 g/mol. The molecule has 31 heavy (non-hydrogen) atoms. The highest BCUT2D eigenvalue weighted by molar-refractivity contribution is 6.30. The smallest absolute Gasteiger partial charge is 0.355 e. The van der Waals surface area contributed by atoms with Gasteiger partial charge in [0.2, 0.25) is 5.95 Å². The normalized spacial score (nSPS) is 10.9. The fourth-order valence-corrected chi connectivity index (χ4v) is 2.80. The Kier molecular flexibility index (Phi) is 7.43. The fraction of sp³-hybridized carbons (Fsp3) is 0.286. The van der Waals surface area contributed by atoms with Crippen molar-refractivity contribution in [3.63, 3.8) is 0 Å². The summed E-state index contributed by atoms with van der Waals surface area (Å²) in [6.45, 7) is 3.42. The molecule has 3 rings (SSSR count). The number of benzene rings is 2. The third kappa shape index (κ3) is 6.16. The van der Waals surface area contributed by atoms with E-state index in [0.717, 1.165) is 5.56 Å². The monoisotopic (exact) mass is 448 g/mol. The van der Waals surface area contributed by atoms with Crippen molar-refractivity contribution < 1.29 is 19.0 Å². The number of aliphatic hydroxyl groups excluding tert-OH is 1. The molecule has 0 aliphatic carbocycles. The molecule has 0 amide bonds. The van der Waals surface area contributed by atoms with Gasteiger partial charge in [-0.25, -0.2) is 9.18 Å². The van der Waals surface area contributed by atoms with E-state index in [9.17, 15) is 9.18 Å². The van der Waals surface area contributed by atoms with Gasteiger partial charge in [0.25, 0.3) is 0 Å². The van der Waals surface area contributed by atoms with Gasteiger partial charge in [0.05, 0.1) is 19.3 Å². The average molecular weight is 449 g/mol. The van der Waals surface area contributed by atoms with E-state index in [-0.39, 0.29) is 43.6 Å². The Bertz CT molecular complexity index is 1090. The van der Waals surface area contributed by atoms with Crippen molar-refractivity contribution in [1.82, 2.24) is 14.5 Å². The molecule has 2 N–H and O–H groups in total. The van der Waals surface area contributed by atoms with Gasteiger partial charge in [-0.3, -0.25) is 4.57 Å². The highest BCUT2D eigenvalue weighted by Crippen LogP contribution is 2.24. The summed E-state index contributed by atoms with van der Waals surface area (Å²) < 4.78 is 26.3. The summed E-state index contributed by atoms with van der Waals surface area (Å²) in [5, 5.41) is 12.4. The molecule has 8 nitrogen and oxygen atoms in total. The van der Waals surface area contributed by atoms with E-state index in [2.05, 4.69) is 15.3 Å². The van der Waals surface area contributed by atoms with Crippen molar-refractivity contribution in [3.05, 3.63) is 69.4 Å². The number of nitrogens with one attached hydrogen (secondary N) is 1. The van der Waals surface area contributed by atoms with E-state index in [1.54, 1.807) is 44.2 Å². The van der Waals surface area contributed by atoms with Crippen LogP contribution < -0.4 is 20.5 Å². The molecule has 1 heterocycles. The highest BCUT2D eigenvalue weighted by Gasteiger charge is 2.14. The second-order valence-electron chi connectivity index (χ2n) is 6.83. The van der Waals surface area contributed by atoms with Gasteiger partial charge in [0, 0.05) is 16.8 Å². The molecule has 164 valence electrons. The highest BCUT2D eigenvalue weighted by atomic mass is 35.5. The second kappa shape index (κ2) is 10.2. The summed E-state index contributed by atoms with van der Waals surface area (Å²) in [7, 11) is 0. The first-order valence-corrected chi connectivity index (χ1v) is 9.93. The van der Waals surface area contributed by atoms with Crippen LogP contribution in [0.1, 0.15) is 19.4 Å². The van der Waals surface area contributed by atoms with Gasteiger partial charge in [-0.1, -0.05) is 23.7 Å². The van der Waals surface area contributed by atoms with Gasteiger partial charge in [0.15, 0.2) is 11.6 Å². The molecule has 0 saturated heterocycles. The third-order valence-corrected chi connectivity index (χ3v) is 4.26. The Hall–Kier alpha value is -3.17. The second-order valence-corrected chi connectivity index (χ2v) is 7.27. The van der Waals surface area contributed by atoms with Crippen LogP contribution in [0.2, 0.25) is 5.02 Å². The lowest BCUT2D eigenvalue weighted by atomic mass is 10.2. The summed E-state index contributed by atoms with van der Waals surface area (Å²) in [5.41, 5.74) is 0.513. The van der Waals surface area contributed by atoms with Gasteiger partial charge < -0.3 is 19.9 Å². The van der Waals surface area contributed by atoms with Crippen LogP contribution >= 0.6 is 11.6 Å².